The van der Waals surface area contributed by atoms with E-state index in [4.69, 9.17) is 9.63 Å². The number of aromatic nitrogens is 2. The summed E-state index contributed by atoms with van der Waals surface area (Å²) in [5, 5.41) is 12.8. The van der Waals surface area contributed by atoms with Crippen LogP contribution in [0.25, 0.3) is 0 Å². The lowest BCUT2D eigenvalue weighted by Crippen LogP contribution is -1.99. The van der Waals surface area contributed by atoms with E-state index in [2.05, 4.69) is 29.2 Å². The molecule has 1 saturated carbocycles. The quantitative estimate of drug-likeness (QED) is 0.853. The Morgan fingerprint density at radius 1 is 1.55 bits per heavy atom. The van der Waals surface area contributed by atoms with Crippen molar-refractivity contribution < 1.29 is 14.4 Å². The van der Waals surface area contributed by atoms with Crippen LogP contribution in [0.5, 0.6) is 0 Å². The first-order chi connectivity index (χ1) is 9.63. The average molecular weight is 290 g/mol. The molecule has 0 spiro atoms. The van der Waals surface area contributed by atoms with E-state index in [0.29, 0.717) is 23.9 Å². The van der Waals surface area contributed by atoms with Gasteiger partial charge in [-0.3, -0.25) is 4.79 Å². The van der Waals surface area contributed by atoms with Crippen LogP contribution in [0.1, 0.15) is 29.6 Å². The molecule has 1 aromatic carbocycles. The zero-order valence-electron chi connectivity index (χ0n) is 10.9. The summed E-state index contributed by atoms with van der Waals surface area (Å²) in [5.41, 5.74) is 1.21. The van der Waals surface area contributed by atoms with E-state index >= 15 is 0 Å². The van der Waals surface area contributed by atoms with Crippen molar-refractivity contribution in [1.29, 1.82) is 0 Å². The van der Waals surface area contributed by atoms with Crippen molar-refractivity contribution in [2.24, 2.45) is 5.92 Å². The Morgan fingerprint density at radius 2 is 2.40 bits per heavy atom. The summed E-state index contributed by atoms with van der Waals surface area (Å²) in [6.45, 7) is 2.05. The molecule has 2 aromatic rings. The Labute approximate surface area is 120 Å². The number of carboxylic acids is 1. The summed E-state index contributed by atoms with van der Waals surface area (Å²) in [6, 6.07) is 8.21. The molecule has 0 bridgehead atoms. The predicted molar refractivity (Wildman–Crippen MR) is 73.5 cm³/mol. The lowest BCUT2D eigenvalue weighted by molar-refractivity contribution is -0.138. The van der Waals surface area contributed by atoms with Gasteiger partial charge in [-0.25, -0.2) is 0 Å². The van der Waals surface area contributed by atoms with Gasteiger partial charge in [-0.05, 0) is 25.5 Å². The van der Waals surface area contributed by atoms with Gasteiger partial charge in [0.25, 0.3) is 0 Å². The first-order valence-corrected chi connectivity index (χ1v) is 7.37. The van der Waals surface area contributed by atoms with Crippen molar-refractivity contribution in [1.82, 2.24) is 10.1 Å². The summed E-state index contributed by atoms with van der Waals surface area (Å²) in [6.07, 6.45) is 0.599. The van der Waals surface area contributed by atoms with Crippen LogP contribution in [-0.2, 0) is 10.5 Å². The second-order valence-electron chi connectivity index (χ2n) is 4.94. The van der Waals surface area contributed by atoms with Gasteiger partial charge in [0.1, 0.15) is 0 Å². The van der Waals surface area contributed by atoms with Gasteiger partial charge >= 0.3 is 5.97 Å². The van der Waals surface area contributed by atoms with Gasteiger partial charge in [-0.2, -0.15) is 4.98 Å². The van der Waals surface area contributed by atoms with E-state index in [9.17, 15) is 4.79 Å². The Balaban J connectivity index is 1.59. The third kappa shape index (κ3) is 2.85. The summed E-state index contributed by atoms with van der Waals surface area (Å²) in [7, 11) is 0. The number of aliphatic carboxylic acids is 1. The number of benzene rings is 1. The van der Waals surface area contributed by atoms with Crippen LogP contribution in [-0.4, -0.2) is 21.2 Å². The summed E-state index contributed by atoms with van der Waals surface area (Å²) in [5.74, 6) is 0.450. The first kappa shape index (κ1) is 13.2. The Morgan fingerprint density at radius 3 is 3.10 bits per heavy atom. The van der Waals surface area contributed by atoms with Gasteiger partial charge in [0.2, 0.25) is 5.89 Å². The molecule has 6 heteroatoms. The van der Waals surface area contributed by atoms with Gasteiger partial charge in [-0.1, -0.05) is 22.9 Å². The fraction of sp³-hybridized carbons (Fsp3) is 0.357. The number of hydrogen-bond donors (Lipinski definition) is 1. The number of hydrogen-bond acceptors (Lipinski definition) is 5. The number of carbonyl (C=O) groups is 1. The molecule has 1 aliphatic carbocycles. The minimum Gasteiger partial charge on any atom is -0.481 e. The maximum atomic E-state index is 10.8. The molecule has 1 aromatic heterocycles. The molecule has 104 valence electrons. The monoisotopic (exact) mass is 290 g/mol. The minimum absolute atomic E-state index is 0.0993. The van der Waals surface area contributed by atoms with Gasteiger partial charge in [0, 0.05) is 4.90 Å². The van der Waals surface area contributed by atoms with E-state index in [-0.39, 0.29) is 11.8 Å². The lowest BCUT2D eigenvalue weighted by atomic mass is 10.2. The molecule has 0 amide bonds. The molecule has 0 saturated heterocycles. The Hall–Kier alpha value is -1.82. The normalized spacial score (nSPS) is 20.9. The van der Waals surface area contributed by atoms with Crippen molar-refractivity contribution in [3.8, 4) is 0 Å². The summed E-state index contributed by atoms with van der Waals surface area (Å²) in [4.78, 5) is 16.2. The van der Waals surface area contributed by atoms with E-state index < -0.39 is 5.97 Å². The molecular formula is C14H14N2O3S. The smallest absolute Gasteiger partial charge is 0.307 e. The topological polar surface area (TPSA) is 76.2 Å². The molecule has 5 nitrogen and oxygen atoms in total. The molecule has 1 aliphatic rings. The van der Waals surface area contributed by atoms with Crippen molar-refractivity contribution in [3.05, 3.63) is 41.5 Å². The second-order valence-corrected chi connectivity index (χ2v) is 5.99. The van der Waals surface area contributed by atoms with Crippen LogP contribution in [0.4, 0.5) is 0 Å². The highest BCUT2D eigenvalue weighted by Crippen LogP contribution is 2.46. The second kappa shape index (κ2) is 5.28. The van der Waals surface area contributed by atoms with Crippen LogP contribution < -0.4 is 0 Å². The SMILES string of the molecule is Cc1cccc(SCc2noc(C3CC3C(=O)O)n2)c1. The molecule has 1 N–H and O–H groups in total. The molecule has 0 aliphatic heterocycles. The zero-order chi connectivity index (χ0) is 14.1. The van der Waals surface area contributed by atoms with Gasteiger partial charge < -0.3 is 9.63 Å². The van der Waals surface area contributed by atoms with Crippen LogP contribution in [0, 0.1) is 12.8 Å². The van der Waals surface area contributed by atoms with Crippen molar-refractivity contribution >= 4 is 17.7 Å². The fourth-order valence-electron chi connectivity index (χ4n) is 2.07. The highest BCUT2D eigenvalue weighted by atomic mass is 32.2. The number of rotatable bonds is 5. The minimum atomic E-state index is -0.788. The third-order valence-electron chi connectivity index (χ3n) is 3.27. The Kier molecular flexibility index (Phi) is 3.48. The van der Waals surface area contributed by atoms with Crippen LogP contribution in [0.15, 0.2) is 33.7 Å². The zero-order valence-corrected chi connectivity index (χ0v) is 11.8. The maximum absolute atomic E-state index is 10.8. The summed E-state index contributed by atoms with van der Waals surface area (Å²) < 4.78 is 5.14. The molecule has 20 heavy (non-hydrogen) atoms. The molecule has 1 heterocycles. The Bertz CT molecular complexity index is 641. The standard InChI is InChI=1S/C14H14N2O3S/c1-8-3-2-4-9(5-8)20-7-12-15-13(19-16-12)10-6-11(10)14(17)18/h2-5,10-11H,6-7H2,1H3,(H,17,18). The molecule has 3 rings (SSSR count). The van der Waals surface area contributed by atoms with Crippen molar-refractivity contribution in [3.63, 3.8) is 0 Å². The van der Waals surface area contributed by atoms with E-state index in [0.717, 1.165) is 4.90 Å². The fourth-order valence-corrected chi connectivity index (χ4v) is 2.93. The van der Waals surface area contributed by atoms with Gasteiger partial charge in [0.05, 0.1) is 17.6 Å². The highest BCUT2D eigenvalue weighted by molar-refractivity contribution is 7.98. The lowest BCUT2D eigenvalue weighted by Gasteiger charge is -1.99. The van der Waals surface area contributed by atoms with Gasteiger partial charge in [-0.15, -0.1) is 11.8 Å². The van der Waals surface area contributed by atoms with Crippen molar-refractivity contribution in [2.75, 3.05) is 0 Å². The molecule has 2 atom stereocenters. The average Bonchev–Trinajstić information content (AvgIpc) is 3.09. The maximum Gasteiger partial charge on any atom is 0.307 e. The largest absolute Gasteiger partial charge is 0.481 e. The summed E-state index contributed by atoms with van der Waals surface area (Å²) >= 11 is 1.64. The van der Waals surface area contributed by atoms with E-state index in [1.54, 1.807) is 11.8 Å². The number of carboxylic acid groups (broad SMARTS) is 1. The van der Waals surface area contributed by atoms with Crippen LogP contribution in [0.2, 0.25) is 0 Å². The number of aryl methyl sites for hydroxylation is 1. The highest BCUT2D eigenvalue weighted by Gasteiger charge is 2.48. The molecule has 1 fully saturated rings. The van der Waals surface area contributed by atoms with Crippen LogP contribution in [0.3, 0.4) is 0 Å². The molecular weight excluding hydrogens is 276 g/mol. The number of thioether (sulfide) groups is 1. The number of nitrogens with zero attached hydrogens (tertiary/aromatic N) is 2. The molecule has 2 unspecified atom stereocenters. The first-order valence-electron chi connectivity index (χ1n) is 6.38. The predicted octanol–water partition coefficient (Wildman–Crippen LogP) is 2.86. The van der Waals surface area contributed by atoms with Gasteiger partial charge in [0.15, 0.2) is 5.82 Å². The van der Waals surface area contributed by atoms with Crippen molar-refractivity contribution in [2.45, 2.75) is 29.9 Å². The van der Waals surface area contributed by atoms with Crippen LogP contribution >= 0.6 is 11.8 Å². The van der Waals surface area contributed by atoms with E-state index in [1.807, 2.05) is 12.1 Å². The molecule has 0 radical (unpaired) electrons. The third-order valence-corrected chi connectivity index (χ3v) is 4.26. The van der Waals surface area contributed by atoms with E-state index in [1.165, 1.54) is 5.56 Å².